The van der Waals surface area contributed by atoms with Crippen LogP contribution in [0, 0.1) is 5.82 Å². The van der Waals surface area contributed by atoms with Gasteiger partial charge in [0.15, 0.2) is 9.84 Å². The molecule has 17 heavy (non-hydrogen) atoms. The second-order valence-corrected chi connectivity index (χ2v) is 6.25. The van der Waals surface area contributed by atoms with Gasteiger partial charge in [-0.3, -0.25) is 0 Å². The highest BCUT2D eigenvalue weighted by atomic mass is 32.2. The van der Waals surface area contributed by atoms with Gasteiger partial charge in [0.25, 0.3) is 0 Å². The molecule has 0 aliphatic carbocycles. The minimum Gasteiger partial charge on any atom is -0.508 e. The van der Waals surface area contributed by atoms with Gasteiger partial charge in [0.1, 0.15) is 16.5 Å². The molecule has 1 heterocycles. The quantitative estimate of drug-likeness (QED) is 0.841. The highest BCUT2D eigenvalue weighted by Gasteiger charge is 2.23. The average molecular weight is 259 g/mol. The summed E-state index contributed by atoms with van der Waals surface area (Å²) >= 11 is 0. The molecule has 0 amide bonds. The van der Waals surface area contributed by atoms with E-state index in [0.29, 0.717) is 5.56 Å². The van der Waals surface area contributed by atoms with Crippen LogP contribution in [0.3, 0.4) is 0 Å². The Bertz CT molecular complexity index is 536. The van der Waals surface area contributed by atoms with Crippen LogP contribution in [0.5, 0.6) is 5.75 Å². The molecule has 1 saturated heterocycles. The third kappa shape index (κ3) is 2.42. The van der Waals surface area contributed by atoms with Crippen LogP contribution in [-0.4, -0.2) is 26.3 Å². The molecule has 0 aromatic heterocycles. The van der Waals surface area contributed by atoms with Gasteiger partial charge in [-0.2, -0.15) is 0 Å². The van der Waals surface area contributed by atoms with Gasteiger partial charge in [-0.25, -0.2) is 12.8 Å². The van der Waals surface area contributed by atoms with Crippen LogP contribution < -0.4 is 5.32 Å². The average Bonchev–Trinajstić information content (AvgIpc) is 2.72. The molecule has 0 saturated carbocycles. The first-order valence-electron chi connectivity index (χ1n) is 5.35. The molecule has 0 radical (unpaired) electrons. The Kier molecular flexibility index (Phi) is 3.09. The first-order chi connectivity index (χ1) is 7.89. The number of phenolic OH excluding ortho intramolecular Hbond substituents is 1. The molecule has 1 aromatic carbocycles. The molecule has 1 atom stereocenters. The van der Waals surface area contributed by atoms with Gasteiger partial charge >= 0.3 is 0 Å². The van der Waals surface area contributed by atoms with Gasteiger partial charge in [0.05, 0.1) is 0 Å². The van der Waals surface area contributed by atoms with Crippen LogP contribution in [0.2, 0.25) is 0 Å². The number of phenols is 1. The van der Waals surface area contributed by atoms with Crippen LogP contribution in [0.15, 0.2) is 17.0 Å². The first kappa shape index (κ1) is 12.3. The monoisotopic (exact) mass is 259 g/mol. The van der Waals surface area contributed by atoms with Crippen molar-refractivity contribution in [1.29, 1.82) is 0 Å². The van der Waals surface area contributed by atoms with E-state index in [4.69, 9.17) is 0 Å². The maximum absolute atomic E-state index is 13.7. The van der Waals surface area contributed by atoms with E-state index in [9.17, 15) is 17.9 Å². The van der Waals surface area contributed by atoms with Gasteiger partial charge in [-0.05, 0) is 25.5 Å². The maximum atomic E-state index is 13.7. The van der Waals surface area contributed by atoms with Crippen LogP contribution >= 0.6 is 0 Å². The molecule has 0 spiro atoms. The summed E-state index contributed by atoms with van der Waals surface area (Å²) in [5.41, 5.74) is 0.424. The summed E-state index contributed by atoms with van der Waals surface area (Å²) in [5.74, 6) is -0.986. The van der Waals surface area contributed by atoms with Crippen LogP contribution in [-0.2, 0) is 9.84 Å². The van der Waals surface area contributed by atoms with Crippen molar-refractivity contribution in [2.24, 2.45) is 0 Å². The number of rotatable bonds is 2. The minimum atomic E-state index is -3.65. The number of hydrogen-bond acceptors (Lipinski definition) is 4. The Hall–Kier alpha value is -1.14. The molecule has 1 aliphatic rings. The summed E-state index contributed by atoms with van der Waals surface area (Å²) < 4.78 is 36.2. The van der Waals surface area contributed by atoms with E-state index in [1.165, 1.54) is 0 Å². The van der Waals surface area contributed by atoms with Crippen LogP contribution in [0.4, 0.5) is 4.39 Å². The molecular weight excluding hydrogens is 245 g/mol. The number of sulfone groups is 1. The maximum Gasteiger partial charge on any atom is 0.178 e. The molecule has 1 aliphatic heterocycles. The van der Waals surface area contributed by atoms with Gasteiger partial charge in [0, 0.05) is 23.9 Å². The third-order valence-corrected chi connectivity index (χ3v) is 4.03. The zero-order chi connectivity index (χ0) is 12.6. The highest BCUT2D eigenvalue weighted by molar-refractivity contribution is 7.90. The van der Waals surface area contributed by atoms with Crippen molar-refractivity contribution in [2.75, 3.05) is 12.8 Å². The SMILES string of the molecule is CS(=O)(=O)c1cc(O)c(C2CCCN2)cc1F. The van der Waals surface area contributed by atoms with E-state index < -0.39 is 20.5 Å². The number of halogens is 1. The second-order valence-electron chi connectivity index (χ2n) is 4.26. The standard InChI is InChI=1S/C11H14FNO3S/c1-17(15,16)11-6-10(14)7(5-8(11)12)9-3-2-4-13-9/h5-6,9,13-14H,2-4H2,1H3. The molecule has 1 fully saturated rings. The fraction of sp³-hybridized carbons (Fsp3) is 0.455. The Morgan fingerprint density at radius 1 is 1.47 bits per heavy atom. The Morgan fingerprint density at radius 3 is 2.71 bits per heavy atom. The summed E-state index contributed by atoms with van der Waals surface area (Å²) in [6.45, 7) is 0.819. The van der Waals surface area contributed by atoms with Crippen molar-refractivity contribution in [3.63, 3.8) is 0 Å². The fourth-order valence-electron chi connectivity index (χ4n) is 2.07. The predicted molar refractivity (Wildman–Crippen MR) is 61.2 cm³/mol. The molecule has 0 bridgehead atoms. The number of aromatic hydroxyl groups is 1. The summed E-state index contributed by atoms with van der Waals surface area (Å²) in [4.78, 5) is -0.461. The molecule has 94 valence electrons. The van der Waals surface area contributed by atoms with Gasteiger partial charge in [-0.1, -0.05) is 0 Å². The number of hydrogen-bond donors (Lipinski definition) is 2. The molecule has 4 nitrogen and oxygen atoms in total. The third-order valence-electron chi connectivity index (χ3n) is 2.92. The smallest absolute Gasteiger partial charge is 0.178 e. The molecule has 6 heteroatoms. The van der Waals surface area contributed by atoms with Crippen LogP contribution in [0.1, 0.15) is 24.4 Å². The Morgan fingerprint density at radius 2 is 2.18 bits per heavy atom. The van der Waals surface area contributed by atoms with E-state index in [0.717, 1.165) is 37.8 Å². The first-order valence-corrected chi connectivity index (χ1v) is 7.24. The lowest BCUT2D eigenvalue weighted by Gasteiger charge is -2.14. The van der Waals surface area contributed by atoms with Gasteiger partial charge in [0.2, 0.25) is 0 Å². The topological polar surface area (TPSA) is 66.4 Å². The van der Waals surface area contributed by atoms with E-state index in [2.05, 4.69) is 5.32 Å². The summed E-state index contributed by atoms with van der Waals surface area (Å²) in [5, 5.41) is 12.9. The lowest BCUT2D eigenvalue weighted by molar-refractivity contribution is 0.449. The summed E-state index contributed by atoms with van der Waals surface area (Å²) in [6, 6.07) is 1.99. The van der Waals surface area contributed by atoms with Crippen LogP contribution in [0.25, 0.3) is 0 Å². The lowest BCUT2D eigenvalue weighted by Crippen LogP contribution is -2.14. The van der Waals surface area contributed by atoms with Crippen molar-refractivity contribution in [3.05, 3.63) is 23.5 Å². The van der Waals surface area contributed by atoms with Crippen molar-refractivity contribution in [2.45, 2.75) is 23.8 Å². The largest absolute Gasteiger partial charge is 0.508 e. The van der Waals surface area contributed by atoms with Crippen molar-refractivity contribution in [1.82, 2.24) is 5.32 Å². The Balaban J connectivity index is 2.48. The molecule has 1 aromatic rings. The zero-order valence-corrected chi connectivity index (χ0v) is 10.2. The number of benzene rings is 1. The zero-order valence-electron chi connectivity index (χ0n) is 9.40. The highest BCUT2D eigenvalue weighted by Crippen LogP contribution is 2.33. The van der Waals surface area contributed by atoms with E-state index in [1.54, 1.807) is 0 Å². The summed E-state index contributed by atoms with van der Waals surface area (Å²) in [6.07, 6.45) is 2.68. The second kappa shape index (κ2) is 4.27. The lowest BCUT2D eigenvalue weighted by atomic mass is 10.0. The summed E-state index contributed by atoms with van der Waals surface area (Å²) in [7, 11) is -3.65. The van der Waals surface area contributed by atoms with E-state index in [1.807, 2.05) is 0 Å². The molecule has 2 rings (SSSR count). The van der Waals surface area contributed by atoms with E-state index >= 15 is 0 Å². The Labute approximate surface area is 99.4 Å². The molecule has 1 unspecified atom stereocenters. The predicted octanol–water partition coefficient (Wildman–Crippen LogP) is 1.36. The normalized spacial score (nSPS) is 20.7. The van der Waals surface area contributed by atoms with Gasteiger partial charge < -0.3 is 10.4 Å². The number of nitrogens with one attached hydrogen (secondary N) is 1. The molecule has 2 N–H and O–H groups in total. The fourth-order valence-corrected chi connectivity index (χ4v) is 2.81. The van der Waals surface area contributed by atoms with Crippen molar-refractivity contribution >= 4 is 9.84 Å². The van der Waals surface area contributed by atoms with Crippen molar-refractivity contribution in [3.8, 4) is 5.75 Å². The van der Waals surface area contributed by atoms with Crippen molar-refractivity contribution < 1.29 is 17.9 Å². The van der Waals surface area contributed by atoms with Gasteiger partial charge in [-0.15, -0.1) is 0 Å². The van der Waals surface area contributed by atoms with E-state index in [-0.39, 0.29) is 11.8 Å². The molecular formula is C11H14FNO3S. The minimum absolute atomic E-state index is 0.0990.